The van der Waals surface area contributed by atoms with Gasteiger partial charge in [-0.3, -0.25) is 4.79 Å². The quantitative estimate of drug-likeness (QED) is 0.706. The van der Waals surface area contributed by atoms with Crippen LogP contribution in [0.2, 0.25) is 0 Å². The molecule has 3 aromatic rings. The summed E-state index contributed by atoms with van der Waals surface area (Å²) in [5.74, 6) is 0.103. The summed E-state index contributed by atoms with van der Waals surface area (Å²) in [6, 6.07) is 18.4. The fourth-order valence-corrected chi connectivity index (χ4v) is 3.07. The van der Waals surface area contributed by atoms with Crippen LogP contribution >= 0.6 is 0 Å². The van der Waals surface area contributed by atoms with E-state index in [0.29, 0.717) is 6.54 Å². The Balaban J connectivity index is 1.57. The molecular formula is C21H24N2O. The van der Waals surface area contributed by atoms with Gasteiger partial charge in [0.2, 0.25) is 5.91 Å². The third-order valence-electron chi connectivity index (χ3n) is 4.46. The van der Waals surface area contributed by atoms with Crippen LogP contribution in [-0.4, -0.2) is 17.4 Å². The van der Waals surface area contributed by atoms with Crippen LogP contribution in [0.1, 0.15) is 25.0 Å². The molecule has 0 atom stereocenters. The van der Waals surface area contributed by atoms with E-state index >= 15 is 0 Å². The monoisotopic (exact) mass is 320 g/mol. The van der Waals surface area contributed by atoms with Crippen LogP contribution in [0.15, 0.2) is 60.8 Å². The number of rotatable bonds is 6. The molecule has 3 nitrogen and oxygen atoms in total. The maximum Gasteiger partial charge on any atom is 0.226 e. The van der Waals surface area contributed by atoms with E-state index in [4.69, 9.17) is 0 Å². The maximum atomic E-state index is 12.5. The Bertz CT molecular complexity index is 818. The highest BCUT2D eigenvalue weighted by Gasteiger charge is 2.27. The van der Waals surface area contributed by atoms with Gasteiger partial charge < -0.3 is 10.3 Å². The average Bonchev–Trinajstić information content (AvgIpc) is 2.99. The molecular weight excluding hydrogens is 296 g/mol. The Labute approximate surface area is 143 Å². The number of aromatic nitrogens is 1. The number of carbonyl (C=O) groups excluding carboxylic acids is 1. The summed E-state index contributed by atoms with van der Waals surface area (Å²) in [5.41, 5.74) is 3.16. The molecule has 0 bridgehead atoms. The molecule has 3 heteroatoms. The maximum absolute atomic E-state index is 12.5. The van der Waals surface area contributed by atoms with Crippen LogP contribution in [-0.2, 0) is 17.6 Å². The third-order valence-corrected chi connectivity index (χ3v) is 4.46. The molecule has 1 heterocycles. The van der Waals surface area contributed by atoms with Crippen molar-refractivity contribution in [1.82, 2.24) is 10.3 Å². The Kier molecular flexibility index (Phi) is 4.70. The summed E-state index contributed by atoms with van der Waals surface area (Å²) in [6.07, 6.45) is 3.61. The second-order valence-corrected chi connectivity index (χ2v) is 6.91. The van der Waals surface area contributed by atoms with Crippen molar-refractivity contribution in [2.75, 3.05) is 6.54 Å². The summed E-state index contributed by atoms with van der Waals surface area (Å²) in [5, 5.41) is 4.33. The van der Waals surface area contributed by atoms with E-state index in [-0.39, 0.29) is 5.91 Å². The van der Waals surface area contributed by atoms with Crippen molar-refractivity contribution in [2.45, 2.75) is 26.7 Å². The number of para-hydroxylation sites is 1. The van der Waals surface area contributed by atoms with Gasteiger partial charge in [0.25, 0.3) is 0 Å². The normalized spacial score (nSPS) is 11.6. The molecule has 1 aromatic heterocycles. The molecule has 2 aromatic carbocycles. The third kappa shape index (κ3) is 3.67. The Hall–Kier alpha value is -2.55. The number of benzene rings is 2. The predicted octanol–water partition coefficient (Wildman–Crippen LogP) is 4.10. The van der Waals surface area contributed by atoms with Crippen LogP contribution in [0.5, 0.6) is 0 Å². The van der Waals surface area contributed by atoms with Crippen molar-refractivity contribution in [3.05, 3.63) is 71.9 Å². The van der Waals surface area contributed by atoms with E-state index in [1.165, 1.54) is 16.5 Å². The predicted molar refractivity (Wildman–Crippen MR) is 98.9 cm³/mol. The van der Waals surface area contributed by atoms with E-state index in [1.807, 2.05) is 50.4 Å². The van der Waals surface area contributed by atoms with Crippen molar-refractivity contribution in [3.8, 4) is 0 Å². The summed E-state index contributed by atoms with van der Waals surface area (Å²) in [4.78, 5) is 15.8. The fourth-order valence-electron chi connectivity index (χ4n) is 3.07. The zero-order valence-corrected chi connectivity index (χ0v) is 14.3. The molecule has 124 valence electrons. The van der Waals surface area contributed by atoms with Gasteiger partial charge >= 0.3 is 0 Å². The number of fused-ring (bicyclic) bond motifs is 1. The van der Waals surface area contributed by atoms with Crippen molar-refractivity contribution in [3.63, 3.8) is 0 Å². The number of amides is 1. The minimum atomic E-state index is -0.415. The lowest BCUT2D eigenvalue weighted by Gasteiger charge is -2.23. The zero-order valence-electron chi connectivity index (χ0n) is 14.3. The van der Waals surface area contributed by atoms with E-state index in [1.54, 1.807) is 0 Å². The molecule has 0 saturated heterocycles. The van der Waals surface area contributed by atoms with Gasteiger partial charge in [0, 0.05) is 29.1 Å². The van der Waals surface area contributed by atoms with Crippen LogP contribution in [0.3, 0.4) is 0 Å². The van der Waals surface area contributed by atoms with Gasteiger partial charge in [0.15, 0.2) is 0 Å². The smallest absolute Gasteiger partial charge is 0.226 e. The molecule has 0 aliphatic heterocycles. The van der Waals surface area contributed by atoms with Crippen molar-refractivity contribution in [1.29, 1.82) is 0 Å². The summed E-state index contributed by atoms with van der Waals surface area (Å²) >= 11 is 0. The Morgan fingerprint density at radius 1 is 1.04 bits per heavy atom. The van der Waals surface area contributed by atoms with Crippen LogP contribution in [0.25, 0.3) is 10.9 Å². The van der Waals surface area contributed by atoms with Gasteiger partial charge in [-0.2, -0.15) is 0 Å². The lowest BCUT2D eigenvalue weighted by Crippen LogP contribution is -2.39. The van der Waals surface area contributed by atoms with Crippen LogP contribution < -0.4 is 5.32 Å². The SMILES string of the molecule is CC(C)(Cc1ccccc1)C(=O)NCCc1c[nH]c2ccccc12. The van der Waals surface area contributed by atoms with E-state index in [0.717, 1.165) is 18.4 Å². The van der Waals surface area contributed by atoms with E-state index in [9.17, 15) is 4.79 Å². The molecule has 0 unspecified atom stereocenters. The van der Waals surface area contributed by atoms with Gasteiger partial charge in [0.1, 0.15) is 0 Å². The summed E-state index contributed by atoms with van der Waals surface area (Å²) < 4.78 is 0. The second-order valence-electron chi connectivity index (χ2n) is 6.91. The number of aromatic amines is 1. The first-order valence-electron chi connectivity index (χ1n) is 8.43. The first-order chi connectivity index (χ1) is 11.6. The van der Waals surface area contributed by atoms with Gasteiger partial charge in [-0.15, -0.1) is 0 Å². The second kappa shape index (κ2) is 6.91. The summed E-state index contributed by atoms with van der Waals surface area (Å²) in [6.45, 7) is 4.65. The topological polar surface area (TPSA) is 44.9 Å². The number of carbonyl (C=O) groups is 1. The minimum Gasteiger partial charge on any atom is -0.361 e. The number of nitrogens with one attached hydrogen (secondary N) is 2. The highest BCUT2D eigenvalue weighted by molar-refractivity contribution is 5.84. The molecule has 24 heavy (non-hydrogen) atoms. The summed E-state index contributed by atoms with van der Waals surface area (Å²) in [7, 11) is 0. The van der Waals surface area contributed by atoms with Crippen LogP contribution in [0, 0.1) is 5.41 Å². The largest absolute Gasteiger partial charge is 0.361 e. The van der Waals surface area contributed by atoms with Gasteiger partial charge in [-0.1, -0.05) is 62.4 Å². The van der Waals surface area contributed by atoms with E-state index < -0.39 is 5.41 Å². The molecule has 0 spiro atoms. The number of H-pyrrole nitrogens is 1. The molecule has 0 aliphatic rings. The lowest BCUT2D eigenvalue weighted by atomic mass is 9.85. The van der Waals surface area contributed by atoms with Crippen molar-refractivity contribution < 1.29 is 4.79 Å². The lowest BCUT2D eigenvalue weighted by molar-refractivity contribution is -0.129. The highest BCUT2D eigenvalue weighted by Crippen LogP contribution is 2.22. The standard InChI is InChI=1S/C21H24N2O/c1-21(2,14-16-8-4-3-5-9-16)20(24)22-13-12-17-15-23-19-11-7-6-10-18(17)19/h3-11,15,23H,12-14H2,1-2H3,(H,22,24). The van der Waals surface area contributed by atoms with Crippen molar-refractivity contribution >= 4 is 16.8 Å². The number of hydrogen-bond acceptors (Lipinski definition) is 1. The average molecular weight is 320 g/mol. The molecule has 0 aliphatic carbocycles. The zero-order chi connectivity index (χ0) is 17.0. The minimum absolute atomic E-state index is 0.103. The van der Waals surface area contributed by atoms with Gasteiger partial charge in [0.05, 0.1) is 0 Å². The fraction of sp³-hybridized carbons (Fsp3) is 0.286. The Morgan fingerprint density at radius 2 is 1.75 bits per heavy atom. The first kappa shape index (κ1) is 16.3. The molecule has 3 rings (SSSR count). The van der Waals surface area contributed by atoms with Gasteiger partial charge in [-0.25, -0.2) is 0 Å². The molecule has 0 fully saturated rings. The molecule has 2 N–H and O–H groups in total. The highest BCUT2D eigenvalue weighted by atomic mass is 16.2. The van der Waals surface area contributed by atoms with Crippen LogP contribution in [0.4, 0.5) is 0 Å². The molecule has 0 saturated carbocycles. The molecule has 1 amide bonds. The first-order valence-corrected chi connectivity index (χ1v) is 8.43. The van der Waals surface area contributed by atoms with Crippen molar-refractivity contribution in [2.24, 2.45) is 5.41 Å². The van der Waals surface area contributed by atoms with Gasteiger partial charge in [-0.05, 0) is 30.0 Å². The number of hydrogen-bond donors (Lipinski definition) is 2. The molecule has 0 radical (unpaired) electrons. The Morgan fingerprint density at radius 3 is 2.54 bits per heavy atom. The van der Waals surface area contributed by atoms with E-state index in [2.05, 4.69) is 34.6 Å².